The average molecular weight is 297 g/mol. The predicted octanol–water partition coefficient (Wildman–Crippen LogP) is 2.80. The lowest BCUT2D eigenvalue weighted by Gasteiger charge is -1.98. The zero-order chi connectivity index (χ0) is 12.4. The highest BCUT2D eigenvalue weighted by Crippen LogP contribution is 2.24. The van der Waals surface area contributed by atoms with Crippen molar-refractivity contribution in [1.82, 2.24) is 0 Å². The van der Waals surface area contributed by atoms with Crippen molar-refractivity contribution in [2.24, 2.45) is 0 Å². The van der Waals surface area contributed by atoms with Crippen molar-refractivity contribution in [2.75, 3.05) is 12.4 Å². The van der Waals surface area contributed by atoms with Crippen LogP contribution in [0.15, 0.2) is 28.7 Å². The predicted molar refractivity (Wildman–Crippen MR) is 65.7 cm³/mol. The summed E-state index contributed by atoms with van der Waals surface area (Å²) in [6.07, 6.45) is 0. The molecule has 0 N–H and O–H groups in total. The molecule has 0 bridgehead atoms. The molecule has 1 aromatic carbocycles. The lowest BCUT2D eigenvalue weighted by atomic mass is 10.1. The van der Waals surface area contributed by atoms with Gasteiger partial charge in [0.25, 0.3) is 0 Å². The Bertz CT molecular complexity index is 585. The fourth-order valence-electron chi connectivity index (χ4n) is 1.55. The molecule has 17 heavy (non-hydrogen) atoms. The summed E-state index contributed by atoms with van der Waals surface area (Å²) >= 11 is 3.07. The molecule has 0 aliphatic carbocycles. The number of carbonyl (C=O) groups is 2. The SMILES string of the molecule is COC(=O)c1cccc2oc(C(=O)CBr)cc12. The number of fused-ring (bicyclic) bond motifs is 1. The first-order valence-corrected chi connectivity index (χ1v) is 5.99. The van der Waals surface area contributed by atoms with E-state index in [1.807, 2.05) is 0 Å². The van der Waals surface area contributed by atoms with Crippen molar-refractivity contribution in [2.45, 2.75) is 0 Å². The van der Waals surface area contributed by atoms with Crippen molar-refractivity contribution in [3.63, 3.8) is 0 Å². The Hall–Kier alpha value is -1.62. The molecule has 0 aliphatic heterocycles. The topological polar surface area (TPSA) is 56.5 Å². The summed E-state index contributed by atoms with van der Waals surface area (Å²) in [4.78, 5) is 23.0. The van der Waals surface area contributed by atoms with Crippen LogP contribution in [0.1, 0.15) is 20.9 Å². The van der Waals surface area contributed by atoms with Gasteiger partial charge in [-0.3, -0.25) is 4.79 Å². The zero-order valence-electron chi connectivity index (χ0n) is 9.03. The van der Waals surface area contributed by atoms with Gasteiger partial charge in [-0.05, 0) is 18.2 Å². The van der Waals surface area contributed by atoms with Gasteiger partial charge in [0.2, 0.25) is 5.78 Å². The molecular weight excluding hydrogens is 288 g/mol. The molecule has 2 rings (SSSR count). The summed E-state index contributed by atoms with van der Waals surface area (Å²) in [6, 6.07) is 6.57. The fourth-order valence-corrected chi connectivity index (χ4v) is 1.83. The molecule has 88 valence electrons. The van der Waals surface area contributed by atoms with Gasteiger partial charge in [0, 0.05) is 5.39 Å². The number of furan rings is 1. The Morgan fingerprint density at radius 3 is 2.82 bits per heavy atom. The molecule has 0 radical (unpaired) electrons. The molecule has 2 aromatic rings. The number of esters is 1. The summed E-state index contributed by atoms with van der Waals surface area (Å²) in [5, 5.41) is 0.768. The van der Waals surface area contributed by atoms with E-state index in [1.165, 1.54) is 7.11 Å². The van der Waals surface area contributed by atoms with Gasteiger partial charge in [-0.1, -0.05) is 22.0 Å². The number of alkyl halides is 1. The number of ether oxygens (including phenoxy) is 1. The molecule has 1 heterocycles. The first-order valence-electron chi connectivity index (χ1n) is 4.87. The van der Waals surface area contributed by atoms with E-state index in [9.17, 15) is 9.59 Å². The van der Waals surface area contributed by atoms with Crippen molar-refractivity contribution in [1.29, 1.82) is 0 Å². The number of rotatable bonds is 3. The molecular formula is C12H9BrO4. The maximum atomic E-state index is 11.5. The number of carbonyl (C=O) groups excluding carboxylic acids is 2. The van der Waals surface area contributed by atoms with Crippen LogP contribution in [0.5, 0.6) is 0 Å². The van der Waals surface area contributed by atoms with Gasteiger partial charge in [0.05, 0.1) is 18.0 Å². The molecule has 0 aliphatic rings. The highest BCUT2D eigenvalue weighted by molar-refractivity contribution is 9.09. The van der Waals surface area contributed by atoms with Gasteiger partial charge in [-0.25, -0.2) is 4.79 Å². The van der Waals surface area contributed by atoms with Crippen LogP contribution in [0.25, 0.3) is 11.0 Å². The van der Waals surface area contributed by atoms with E-state index < -0.39 is 5.97 Å². The molecule has 0 spiro atoms. The van der Waals surface area contributed by atoms with Gasteiger partial charge >= 0.3 is 5.97 Å². The van der Waals surface area contributed by atoms with Gasteiger partial charge in [-0.15, -0.1) is 0 Å². The summed E-state index contributed by atoms with van der Waals surface area (Å²) < 4.78 is 10.0. The average Bonchev–Trinajstić information content (AvgIpc) is 2.80. The number of Topliss-reactive ketones (excluding diaryl/α,β-unsaturated/α-hetero) is 1. The number of benzene rings is 1. The number of halogens is 1. The maximum absolute atomic E-state index is 11.5. The number of hydrogen-bond donors (Lipinski definition) is 0. The molecule has 0 fully saturated rings. The molecule has 4 nitrogen and oxygen atoms in total. The van der Waals surface area contributed by atoms with E-state index in [0.717, 1.165) is 0 Å². The Balaban J connectivity index is 2.60. The largest absolute Gasteiger partial charge is 0.465 e. The van der Waals surface area contributed by atoms with Crippen LogP contribution in [0.3, 0.4) is 0 Å². The summed E-state index contributed by atoms with van der Waals surface area (Å²) in [5.74, 6) is -0.389. The second kappa shape index (κ2) is 4.71. The lowest BCUT2D eigenvalue weighted by Crippen LogP contribution is -2.01. The lowest BCUT2D eigenvalue weighted by molar-refractivity contribution is 0.0603. The maximum Gasteiger partial charge on any atom is 0.338 e. The van der Waals surface area contributed by atoms with Gasteiger partial charge < -0.3 is 9.15 Å². The van der Waals surface area contributed by atoms with E-state index in [2.05, 4.69) is 20.7 Å². The summed E-state index contributed by atoms with van der Waals surface area (Å²) in [6.45, 7) is 0. The zero-order valence-corrected chi connectivity index (χ0v) is 10.6. The second-order valence-corrected chi connectivity index (χ2v) is 3.94. The second-order valence-electron chi connectivity index (χ2n) is 3.38. The highest BCUT2D eigenvalue weighted by atomic mass is 79.9. The van der Waals surface area contributed by atoms with E-state index in [0.29, 0.717) is 16.5 Å². The first kappa shape index (κ1) is 11.9. The van der Waals surface area contributed by atoms with E-state index in [-0.39, 0.29) is 16.9 Å². The molecule has 0 unspecified atom stereocenters. The third kappa shape index (κ3) is 2.10. The van der Waals surface area contributed by atoms with Crippen LogP contribution in [0.2, 0.25) is 0 Å². The van der Waals surface area contributed by atoms with Gasteiger partial charge in [-0.2, -0.15) is 0 Å². The molecule has 0 saturated carbocycles. The van der Waals surface area contributed by atoms with Gasteiger partial charge in [0.1, 0.15) is 5.58 Å². The van der Waals surface area contributed by atoms with Crippen molar-refractivity contribution in [3.05, 3.63) is 35.6 Å². The van der Waals surface area contributed by atoms with Gasteiger partial charge in [0.15, 0.2) is 5.76 Å². The van der Waals surface area contributed by atoms with Crippen LogP contribution >= 0.6 is 15.9 Å². The molecule has 0 atom stereocenters. The van der Waals surface area contributed by atoms with Crippen LogP contribution < -0.4 is 0 Å². The third-order valence-corrected chi connectivity index (χ3v) is 2.87. The monoisotopic (exact) mass is 296 g/mol. The molecule has 0 saturated heterocycles. The number of ketones is 1. The van der Waals surface area contributed by atoms with Crippen LogP contribution in [-0.2, 0) is 4.74 Å². The Morgan fingerprint density at radius 2 is 2.18 bits per heavy atom. The minimum atomic E-state index is -0.450. The van der Waals surface area contributed by atoms with E-state index in [1.54, 1.807) is 24.3 Å². The minimum Gasteiger partial charge on any atom is -0.465 e. The molecule has 1 aromatic heterocycles. The smallest absolute Gasteiger partial charge is 0.338 e. The van der Waals surface area contributed by atoms with Crippen molar-refractivity contribution in [3.8, 4) is 0 Å². The first-order chi connectivity index (χ1) is 8.17. The molecule has 0 amide bonds. The Kier molecular flexibility index (Phi) is 3.28. The Morgan fingerprint density at radius 1 is 1.41 bits per heavy atom. The summed E-state index contributed by atoms with van der Waals surface area (Å²) in [5.41, 5.74) is 0.888. The third-order valence-electron chi connectivity index (χ3n) is 2.36. The normalized spacial score (nSPS) is 10.5. The fraction of sp³-hybridized carbons (Fsp3) is 0.167. The van der Waals surface area contributed by atoms with Crippen LogP contribution in [-0.4, -0.2) is 24.2 Å². The van der Waals surface area contributed by atoms with Crippen LogP contribution in [0, 0.1) is 0 Å². The standard InChI is InChI=1S/C12H9BrO4/c1-16-12(15)7-3-2-4-10-8(7)5-11(17-10)9(14)6-13/h2-5H,6H2,1H3. The van der Waals surface area contributed by atoms with Crippen LogP contribution in [0.4, 0.5) is 0 Å². The van der Waals surface area contributed by atoms with E-state index >= 15 is 0 Å². The van der Waals surface area contributed by atoms with Crippen molar-refractivity contribution >= 4 is 38.7 Å². The van der Waals surface area contributed by atoms with Crippen molar-refractivity contribution < 1.29 is 18.7 Å². The van der Waals surface area contributed by atoms with E-state index in [4.69, 9.17) is 4.42 Å². The Labute approximate surface area is 106 Å². The minimum absolute atomic E-state index is 0.169. The molecule has 5 heteroatoms. The number of hydrogen-bond acceptors (Lipinski definition) is 4. The highest BCUT2D eigenvalue weighted by Gasteiger charge is 2.16. The number of methoxy groups -OCH3 is 1. The quantitative estimate of drug-likeness (QED) is 0.496. The summed E-state index contributed by atoms with van der Waals surface area (Å²) in [7, 11) is 1.31.